The molecule has 0 atom stereocenters. The van der Waals surface area contributed by atoms with E-state index in [1.54, 1.807) is 0 Å². The monoisotopic (exact) mass is 367 g/mol. The first-order chi connectivity index (χ1) is 12.3. The molecule has 0 aliphatic rings. The minimum absolute atomic E-state index is 0.174. The highest BCUT2D eigenvalue weighted by Crippen LogP contribution is 2.30. The molecule has 2 aromatic rings. The van der Waals surface area contributed by atoms with E-state index < -0.39 is 11.7 Å². The molecule has 2 rings (SSSR count). The molecule has 0 saturated carbocycles. The van der Waals surface area contributed by atoms with Gasteiger partial charge in [-0.15, -0.1) is 0 Å². The molecule has 0 spiro atoms. The third kappa shape index (κ3) is 5.99. The van der Waals surface area contributed by atoms with Gasteiger partial charge >= 0.3 is 6.18 Å². The molecule has 6 nitrogen and oxygen atoms in total. The average Bonchev–Trinajstić information content (AvgIpc) is 2.59. The molecule has 0 bridgehead atoms. The zero-order chi connectivity index (χ0) is 19.2. The van der Waals surface area contributed by atoms with Crippen molar-refractivity contribution in [2.45, 2.75) is 12.6 Å². The summed E-state index contributed by atoms with van der Waals surface area (Å²) in [6, 6.07) is 4.56. The van der Waals surface area contributed by atoms with Gasteiger partial charge in [0, 0.05) is 12.2 Å². The standard InChI is InChI=1S/C17H20F3N5O/c1-25(2)9-3-8-21-16(26)14-10-23-15(11-22-14)24-13-6-4-12(5-7-13)17(18,19)20/h4-7,10-11H,3,8-9H2,1-2H3,(H,21,26)(H,23,24). The van der Waals surface area contributed by atoms with Gasteiger partial charge in [-0.25, -0.2) is 9.97 Å². The highest BCUT2D eigenvalue weighted by atomic mass is 19.4. The molecule has 1 amide bonds. The minimum Gasteiger partial charge on any atom is -0.351 e. The van der Waals surface area contributed by atoms with Crippen molar-refractivity contribution in [3.05, 3.63) is 47.9 Å². The van der Waals surface area contributed by atoms with Crippen molar-refractivity contribution in [1.29, 1.82) is 0 Å². The van der Waals surface area contributed by atoms with Crippen molar-refractivity contribution in [2.75, 3.05) is 32.5 Å². The quantitative estimate of drug-likeness (QED) is 0.737. The third-order valence-electron chi connectivity index (χ3n) is 3.44. The van der Waals surface area contributed by atoms with Gasteiger partial charge in [0.15, 0.2) is 0 Å². The van der Waals surface area contributed by atoms with E-state index in [-0.39, 0.29) is 11.6 Å². The zero-order valence-electron chi connectivity index (χ0n) is 14.5. The topological polar surface area (TPSA) is 70.2 Å². The number of amides is 1. The number of carbonyl (C=O) groups is 1. The van der Waals surface area contributed by atoms with Crippen LogP contribution in [0.5, 0.6) is 0 Å². The van der Waals surface area contributed by atoms with E-state index >= 15 is 0 Å². The van der Waals surface area contributed by atoms with E-state index in [0.717, 1.165) is 25.1 Å². The van der Waals surface area contributed by atoms with Crippen LogP contribution < -0.4 is 10.6 Å². The first kappa shape index (κ1) is 19.6. The largest absolute Gasteiger partial charge is 0.416 e. The lowest BCUT2D eigenvalue weighted by molar-refractivity contribution is -0.137. The fraction of sp³-hybridized carbons (Fsp3) is 0.353. The van der Waals surface area contributed by atoms with Crippen LogP contribution in [0.15, 0.2) is 36.7 Å². The van der Waals surface area contributed by atoms with Crippen molar-refractivity contribution < 1.29 is 18.0 Å². The highest BCUT2D eigenvalue weighted by Gasteiger charge is 2.29. The lowest BCUT2D eigenvalue weighted by Crippen LogP contribution is -2.27. The number of nitrogens with one attached hydrogen (secondary N) is 2. The zero-order valence-corrected chi connectivity index (χ0v) is 14.5. The highest BCUT2D eigenvalue weighted by molar-refractivity contribution is 5.92. The second-order valence-electron chi connectivity index (χ2n) is 5.90. The number of anilines is 2. The Bertz CT molecular complexity index is 715. The molecule has 0 aliphatic heterocycles. The normalized spacial score (nSPS) is 11.5. The Balaban J connectivity index is 1.89. The molecule has 1 aromatic carbocycles. The van der Waals surface area contributed by atoms with Gasteiger partial charge in [0.2, 0.25) is 0 Å². The third-order valence-corrected chi connectivity index (χ3v) is 3.44. The molecule has 0 unspecified atom stereocenters. The van der Waals surface area contributed by atoms with Gasteiger partial charge in [-0.2, -0.15) is 13.2 Å². The number of nitrogens with zero attached hydrogens (tertiary/aromatic N) is 3. The maximum Gasteiger partial charge on any atom is 0.416 e. The van der Waals surface area contributed by atoms with Gasteiger partial charge in [-0.3, -0.25) is 4.79 Å². The first-order valence-corrected chi connectivity index (χ1v) is 7.95. The predicted molar refractivity (Wildman–Crippen MR) is 92.3 cm³/mol. The summed E-state index contributed by atoms with van der Waals surface area (Å²) in [7, 11) is 3.91. The van der Waals surface area contributed by atoms with Crippen LogP contribution in [-0.4, -0.2) is 48.0 Å². The fourth-order valence-corrected chi connectivity index (χ4v) is 2.09. The molecule has 0 aliphatic carbocycles. The van der Waals surface area contributed by atoms with Crippen LogP contribution >= 0.6 is 0 Å². The van der Waals surface area contributed by atoms with Crippen molar-refractivity contribution in [1.82, 2.24) is 20.2 Å². The second kappa shape index (κ2) is 8.61. The van der Waals surface area contributed by atoms with E-state index in [1.165, 1.54) is 24.5 Å². The SMILES string of the molecule is CN(C)CCCNC(=O)c1cnc(Nc2ccc(C(F)(F)F)cc2)cn1. The van der Waals surface area contributed by atoms with Crippen molar-refractivity contribution in [3.63, 3.8) is 0 Å². The molecule has 0 fully saturated rings. The Kier molecular flexibility index (Phi) is 6.51. The summed E-state index contributed by atoms with van der Waals surface area (Å²) in [6.45, 7) is 1.40. The van der Waals surface area contributed by atoms with Gasteiger partial charge in [0.05, 0.1) is 18.0 Å². The lowest BCUT2D eigenvalue weighted by atomic mass is 10.2. The Morgan fingerprint density at radius 1 is 1.12 bits per heavy atom. The van der Waals surface area contributed by atoms with Crippen molar-refractivity contribution in [2.24, 2.45) is 0 Å². The lowest BCUT2D eigenvalue weighted by Gasteiger charge is -2.10. The Hall–Kier alpha value is -2.68. The number of alkyl halides is 3. The van der Waals surface area contributed by atoms with Crippen LogP contribution in [0, 0.1) is 0 Å². The summed E-state index contributed by atoms with van der Waals surface area (Å²) in [5.41, 5.74) is -0.114. The van der Waals surface area contributed by atoms with Gasteiger partial charge in [-0.1, -0.05) is 0 Å². The molecule has 2 N–H and O–H groups in total. The number of aromatic nitrogens is 2. The van der Waals surface area contributed by atoms with E-state index in [0.29, 0.717) is 18.1 Å². The van der Waals surface area contributed by atoms with Crippen LogP contribution in [0.4, 0.5) is 24.7 Å². The molecule has 0 saturated heterocycles. The summed E-state index contributed by atoms with van der Waals surface area (Å²) in [6.07, 6.45) is -0.889. The first-order valence-electron chi connectivity index (χ1n) is 7.95. The molecular formula is C17H20F3N5O. The van der Waals surface area contributed by atoms with Gasteiger partial charge in [0.25, 0.3) is 5.91 Å². The minimum atomic E-state index is -4.38. The summed E-state index contributed by atoms with van der Waals surface area (Å²) >= 11 is 0. The molecule has 9 heteroatoms. The van der Waals surface area contributed by atoms with E-state index in [4.69, 9.17) is 0 Å². The number of hydrogen-bond donors (Lipinski definition) is 2. The molecule has 0 radical (unpaired) electrons. The van der Waals surface area contributed by atoms with Gasteiger partial charge in [0.1, 0.15) is 11.5 Å². The van der Waals surface area contributed by atoms with E-state index in [1.807, 2.05) is 19.0 Å². The number of halogens is 3. The van der Waals surface area contributed by atoms with E-state index in [2.05, 4.69) is 20.6 Å². The van der Waals surface area contributed by atoms with Crippen LogP contribution in [0.3, 0.4) is 0 Å². The molecular weight excluding hydrogens is 347 g/mol. The summed E-state index contributed by atoms with van der Waals surface area (Å²) in [5, 5.41) is 5.58. The molecule has 140 valence electrons. The van der Waals surface area contributed by atoms with Gasteiger partial charge < -0.3 is 15.5 Å². The average molecular weight is 367 g/mol. The number of carbonyl (C=O) groups excluding carboxylic acids is 1. The Morgan fingerprint density at radius 3 is 2.35 bits per heavy atom. The number of rotatable bonds is 7. The van der Waals surface area contributed by atoms with Crippen molar-refractivity contribution in [3.8, 4) is 0 Å². The fourth-order valence-electron chi connectivity index (χ4n) is 2.09. The van der Waals surface area contributed by atoms with Crippen LogP contribution in [0.2, 0.25) is 0 Å². The molecule has 26 heavy (non-hydrogen) atoms. The van der Waals surface area contributed by atoms with Crippen molar-refractivity contribution >= 4 is 17.4 Å². The Morgan fingerprint density at radius 2 is 1.81 bits per heavy atom. The molecule has 1 aromatic heterocycles. The maximum absolute atomic E-state index is 12.5. The number of benzene rings is 1. The Labute approximate surface area is 149 Å². The molecule has 1 heterocycles. The second-order valence-corrected chi connectivity index (χ2v) is 5.90. The summed E-state index contributed by atoms with van der Waals surface area (Å²) in [5.74, 6) is 0.00579. The predicted octanol–water partition coefficient (Wildman–Crippen LogP) is 2.92. The summed E-state index contributed by atoms with van der Waals surface area (Å²) < 4.78 is 37.6. The summed E-state index contributed by atoms with van der Waals surface area (Å²) in [4.78, 5) is 22.0. The smallest absolute Gasteiger partial charge is 0.351 e. The maximum atomic E-state index is 12.5. The van der Waals surface area contributed by atoms with Crippen LogP contribution in [0.25, 0.3) is 0 Å². The van der Waals surface area contributed by atoms with Crippen LogP contribution in [0.1, 0.15) is 22.5 Å². The van der Waals surface area contributed by atoms with E-state index in [9.17, 15) is 18.0 Å². The number of hydrogen-bond acceptors (Lipinski definition) is 5. The van der Waals surface area contributed by atoms with Crippen LogP contribution in [-0.2, 0) is 6.18 Å². The van der Waals surface area contributed by atoms with Gasteiger partial charge in [-0.05, 0) is 51.3 Å².